The number of imide groups is 1. The van der Waals surface area contributed by atoms with Gasteiger partial charge in [-0.25, -0.2) is 4.79 Å². The minimum atomic E-state index is -4.66. The van der Waals surface area contributed by atoms with Crippen LogP contribution < -0.4 is 4.90 Å². The maximum Gasteiger partial charge on any atom is 0.355 e. The Kier molecular flexibility index (Phi) is 14.4. The number of carbonyl (C=O) groups is 3. The number of hydrogen-bond donors (Lipinski definition) is 2. The predicted molar refractivity (Wildman–Crippen MR) is 238 cm³/mol. The monoisotopic (exact) mass is 1060 g/mol. The highest BCUT2D eigenvalue weighted by Crippen LogP contribution is 2.53. The minimum Gasteiger partial charge on any atom is -0.330 e. The zero-order valence-corrected chi connectivity index (χ0v) is 38.9. The number of carbonyl (C=O) groups excluding carboxylic acids is 3. The fourth-order valence-electron chi connectivity index (χ4n) is 7.97. The van der Waals surface area contributed by atoms with Crippen LogP contribution in [0, 0.1) is 7.14 Å². The summed E-state index contributed by atoms with van der Waals surface area (Å²) in [6, 6.07) is 7.33. The highest BCUT2D eigenvalue weighted by Gasteiger charge is 2.49. The van der Waals surface area contributed by atoms with E-state index in [1.54, 1.807) is 23.1 Å². The highest BCUT2D eigenvalue weighted by molar-refractivity contribution is 14.1. The van der Waals surface area contributed by atoms with E-state index in [4.69, 9.17) is 4.84 Å². The van der Waals surface area contributed by atoms with Crippen molar-refractivity contribution in [2.75, 3.05) is 17.7 Å². The third kappa shape index (κ3) is 9.86. The van der Waals surface area contributed by atoms with E-state index >= 15 is 0 Å². The number of unbranched alkanes of at least 4 members (excludes halogenated alkanes) is 2. The first kappa shape index (κ1) is 45.8. The molecule has 0 spiro atoms. The summed E-state index contributed by atoms with van der Waals surface area (Å²) in [5, 5.41) is 0.499. The lowest BCUT2D eigenvalue weighted by Crippen LogP contribution is -2.46. The normalized spacial score (nSPS) is 20.7. The smallest absolute Gasteiger partial charge is 0.330 e. The summed E-state index contributed by atoms with van der Waals surface area (Å²) in [7, 11) is -6.85. The van der Waals surface area contributed by atoms with E-state index in [0.717, 1.165) is 9.28 Å². The van der Waals surface area contributed by atoms with Gasteiger partial charge in [0.1, 0.15) is 13.1 Å². The Morgan fingerprint density at radius 1 is 0.948 bits per heavy atom. The van der Waals surface area contributed by atoms with Gasteiger partial charge in [-0.2, -0.15) is 21.4 Å². The van der Waals surface area contributed by atoms with Gasteiger partial charge >= 0.3 is 5.97 Å². The van der Waals surface area contributed by atoms with E-state index in [-0.39, 0.29) is 48.8 Å². The fourth-order valence-corrected chi connectivity index (χ4v) is 11.5. The second-order valence-electron chi connectivity index (χ2n) is 15.3. The number of benzene rings is 2. The van der Waals surface area contributed by atoms with Gasteiger partial charge in [0.05, 0.1) is 21.6 Å². The van der Waals surface area contributed by atoms with Crippen molar-refractivity contribution in [1.82, 2.24) is 5.06 Å². The van der Waals surface area contributed by atoms with E-state index in [9.17, 15) is 40.3 Å². The van der Waals surface area contributed by atoms with Crippen LogP contribution in [-0.2, 0) is 50.3 Å². The molecule has 0 aromatic heterocycles. The number of hydroxylamine groups is 2. The average Bonchev–Trinajstić information content (AvgIpc) is 3.64. The Labute approximate surface area is 367 Å². The maximum atomic E-state index is 14.1. The molecule has 2 aromatic carbocycles. The van der Waals surface area contributed by atoms with Crippen LogP contribution in [0.2, 0.25) is 0 Å². The molecule has 3 aliphatic heterocycles. The van der Waals surface area contributed by atoms with Gasteiger partial charge < -0.3 is 9.74 Å². The molecule has 5 rings (SSSR count). The van der Waals surface area contributed by atoms with Crippen LogP contribution in [0.25, 0.3) is 0 Å². The molecule has 2 unspecified atom stereocenters. The van der Waals surface area contributed by atoms with E-state index in [1.165, 1.54) is 33.0 Å². The quantitative estimate of drug-likeness (QED) is 0.0421. The molecule has 312 valence electrons. The molecule has 0 saturated carbocycles. The van der Waals surface area contributed by atoms with Gasteiger partial charge in [0.15, 0.2) is 5.71 Å². The van der Waals surface area contributed by atoms with Crippen LogP contribution in [0.1, 0.15) is 90.2 Å². The third-order valence-corrected chi connectivity index (χ3v) is 14.0. The van der Waals surface area contributed by atoms with Crippen molar-refractivity contribution in [1.29, 1.82) is 0 Å². The van der Waals surface area contributed by atoms with Gasteiger partial charge in [0, 0.05) is 48.9 Å². The number of nitrogens with zero attached hydrogens (tertiary/aromatic N) is 3. The number of hydrogen-bond acceptors (Lipinski definition) is 9. The SMILES string of the molecule is CCCCC(C(=O)ON1C(=O)CCC1=O)N1\C(=C/C=C/C=C/C=C/C2=[N+](C)c3cc(I)cc(I)c3C2(C)C)C(C)(CCCCS(=O)(=O)O)c2cc(S(=O)(=O)O)ccc21. The largest absolute Gasteiger partial charge is 0.355 e. The fraction of sp³-hybridized carbons (Fsp3) is 0.415. The summed E-state index contributed by atoms with van der Waals surface area (Å²) >= 11 is 4.72. The van der Waals surface area contributed by atoms with Gasteiger partial charge in [-0.3, -0.25) is 18.7 Å². The summed E-state index contributed by atoms with van der Waals surface area (Å²) in [6.45, 7) is 8.18. The van der Waals surface area contributed by atoms with Crippen molar-refractivity contribution in [3.8, 4) is 0 Å². The molecule has 0 aliphatic carbocycles. The molecule has 3 heterocycles. The summed E-state index contributed by atoms with van der Waals surface area (Å²) < 4.78 is 72.0. The first-order valence-electron chi connectivity index (χ1n) is 18.9. The Morgan fingerprint density at radius 3 is 2.24 bits per heavy atom. The molecular weight excluding hydrogens is 1010 g/mol. The van der Waals surface area contributed by atoms with Crippen molar-refractivity contribution in [3.63, 3.8) is 0 Å². The molecule has 0 bridgehead atoms. The molecule has 0 radical (unpaired) electrons. The third-order valence-electron chi connectivity index (χ3n) is 10.9. The standard InChI is InChI=1S/C41H47I2N3O10S2/c1-6-7-15-32(39(49)56-46-36(47)20-21-37(46)48)45-31-19-18-28(58(53,54)55)26-29(31)41(4,22-13-14-23-57(50,51)52)35(45)17-12-10-8-9-11-16-34-40(2,3)38-30(43)24-27(42)25-33(38)44(34)5/h8-12,16-19,24-26,32H,6-7,13-15,20-23H2,1-5H3,(H-,50,51,52,53,54,55)/p+1. The second kappa shape index (κ2) is 18.2. The molecule has 58 heavy (non-hydrogen) atoms. The molecule has 2 N–H and O–H groups in total. The van der Waals surface area contributed by atoms with Crippen molar-refractivity contribution >= 4 is 100 Å². The van der Waals surface area contributed by atoms with Crippen molar-refractivity contribution in [3.05, 3.63) is 96.8 Å². The first-order valence-corrected chi connectivity index (χ1v) is 24.1. The Hall–Kier alpha value is -3.24. The van der Waals surface area contributed by atoms with Crippen LogP contribution in [0.5, 0.6) is 0 Å². The highest BCUT2D eigenvalue weighted by atomic mass is 127. The lowest BCUT2D eigenvalue weighted by Gasteiger charge is -2.34. The van der Waals surface area contributed by atoms with Crippen LogP contribution >= 0.6 is 45.2 Å². The Balaban J connectivity index is 1.55. The summed E-state index contributed by atoms with van der Waals surface area (Å²) in [5.74, 6) is -2.61. The molecule has 3 aliphatic rings. The lowest BCUT2D eigenvalue weighted by molar-refractivity contribution is -0.401. The van der Waals surface area contributed by atoms with Gasteiger partial charge in [-0.05, 0) is 121 Å². The van der Waals surface area contributed by atoms with Gasteiger partial charge in [0.25, 0.3) is 32.1 Å². The zero-order valence-electron chi connectivity index (χ0n) is 32.9. The van der Waals surface area contributed by atoms with Crippen molar-refractivity contribution < 1.29 is 49.7 Å². The van der Waals surface area contributed by atoms with Crippen LogP contribution in [-0.4, -0.2) is 77.9 Å². The molecular formula is C41H48I2N3O10S2+. The summed E-state index contributed by atoms with van der Waals surface area (Å²) in [4.78, 5) is 45.8. The van der Waals surface area contributed by atoms with Gasteiger partial charge in [-0.15, -0.1) is 5.06 Å². The average molecular weight is 1060 g/mol. The molecule has 1 saturated heterocycles. The van der Waals surface area contributed by atoms with Gasteiger partial charge in [0.2, 0.25) is 5.69 Å². The molecule has 17 heteroatoms. The number of fused-ring (bicyclic) bond motifs is 2. The van der Waals surface area contributed by atoms with E-state index in [1.807, 2.05) is 32.1 Å². The minimum absolute atomic E-state index is 0.0861. The molecule has 2 amide bonds. The Bertz CT molecular complexity index is 2370. The number of anilines is 1. The number of amides is 2. The number of rotatable bonds is 16. The van der Waals surface area contributed by atoms with Crippen molar-refractivity contribution in [2.24, 2.45) is 0 Å². The number of halogens is 2. The zero-order chi connectivity index (χ0) is 42.8. The predicted octanol–water partition coefficient (Wildman–Crippen LogP) is 7.70. The summed E-state index contributed by atoms with van der Waals surface area (Å²) in [6.07, 6.45) is 15.1. The van der Waals surface area contributed by atoms with E-state index in [2.05, 4.69) is 88.9 Å². The molecule has 1 fully saturated rings. The maximum absolute atomic E-state index is 14.1. The van der Waals surface area contributed by atoms with Crippen molar-refractivity contribution in [2.45, 2.75) is 101 Å². The first-order chi connectivity index (χ1) is 27.1. The second-order valence-corrected chi connectivity index (χ2v) is 20.7. The summed E-state index contributed by atoms with van der Waals surface area (Å²) in [5.41, 5.74) is 3.71. The van der Waals surface area contributed by atoms with Crippen LogP contribution in [0.4, 0.5) is 11.4 Å². The number of allylic oxidation sites excluding steroid dienone is 8. The molecule has 13 nitrogen and oxygen atoms in total. The van der Waals surface area contributed by atoms with E-state index in [0.29, 0.717) is 34.9 Å². The molecule has 2 atom stereocenters. The van der Waals surface area contributed by atoms with Gasteiger partial charge in [-0.1, -0.05) is 56.6 Å². The van der Waals surface area contributed by atoms with Crippen LogP contribution in [0.15, 0.2) is 83.5 Å². The van der Waals surface area contributed by atoms with E-state index < -0.39 is 55.2 Å². The topological polar surface area (TPSA) is 179 Å². The lowest BCUT2D eigenvalue weighted by atomic mass is 9.77. The Morgan fingerprint density at radius 2 is 1.60 bits per heavy atom. The van der Waals surface area contributed by atoms with Crippen LogP contribution in [0.3, 0.4) is 0 Å². The molecule has 2 aromatic rings.